The zero-order valence-electron chi connectivity index (χ0n) is 12.3. The fourth-order valence-corrected chi connectivity index (χ4v) is 2.14. The van der Waals surface area contributed by atoms with Gasteiger partial charge in [0.2, 0.25) is 0 Å². The van der Waals surface area contributed by atoms with Gasteiger partial charge < -0.3 is 5.32 Å². The van der Waals surface area contributed by atoms with E-state index < -0.39 is 11.7 Å². The normalized spacial score (nSPS) is 11.7. The van der Waals surface area contributed by atoms with Gasteiger partial charge in [0.25, 0.3) is 0 Å². The lowest BCUT2D eigenvalue weighted by Crippen LogP contribution is -2.10. The van der Waals surface area contributed by atoms with Crippen LogP contribution in [0.1, 0.15) is 29.4 Å². The Morgan fingerprint density at radius 3 is 2.52 bits per heavy atom. The molecule has 0 bridgehead atoms. The summed E-state index contributed by atoms with van der Waals surface area (Å²) in [5, 5.41) is 7.33. The Morgan fingerprint density at radius 2 is 1.95 bits per heavy atom. The van der Waals surface area contributed by atoms with Gasteiger partial charge in [-0.15, -0.1) is 0 Å². The van der Waals surface area contributed by atoms with Crippen LogP contribution in [0.15, 0.2) is 24.3 Å². The van der Waals surface area contributed by atoms with Crippen LogP contribution < -0.4 is 5.32 Å². The lowest BCUT2D eigenvalue weighted by molar-refractivity contribution is -0.138. The first-order chi connectivity index (χ1) is 9.81. The predicted molar refractivity (Wildman–Crippen MR) is 76.1 cm³/mol. The summed E-state index contributed by atoms with van der Waals surface area (Å²) in [5.41, 5.74) is 1.97. The van der Waals surface area contributed by atoms with Gasteiger partial charge in [-0.2, -0.15) is 18.3 Å². The van der Waals surface area contributed by atoms with Crippen molar-refractivity contribution in [1.29, 1.82) is 0 Å². The zero-order valence-corrected chi connectivity index (χ0v) is 12.3. The minimum atomic E-state index is -4.33. The predicted octanol–water partition coefficient (Wildman–Crippen LogP) is 3.92. The summed E-state index contributed by atoms with van der Waals surface area (Å²) in [4.78, 5) is 0. The van der Waals surface area contributed by atoms with E-state index in [0.29, 0.717) is 12.2 Å². The van der Waals surface area contributed by atoms with Crippen molar-refractivity contribution in [3.63, 3.8) is 0 Å². The van der Waals surface area contributed by atoms with Crippen LogP contribution in [0.25, 0.3) is 0 Å². The highest BCUT2D eigenvalue weighted by Crippen LogP contribution is 2.33. The summed E-state index contributed by atoms with van der Waals surface area (Å²) < 4.78 is 40.3. The average Bonchev–Trinajstić information content (AvgIpc) is 2.77. The van der Waals surface area contributed by atoms with Crippen LogP contribution in [-0.2, 0) is 26.2 Å². The number of alkyl halides is 3. The lowest BCUT2D eigenvalue weighted by atomic mass is 10.1. The third-order valence-corrected chi connectivity index (χ3v) is 3.41. The van der Waals surface area contributed by atoms with E-state index in [1.165, 1.54) is 13.0 Å². The summed E-state index contributed by atoms with van der Waals surface area (Å²) in [6.45, 7) is 3.90. The topological polar surface area (TPSA) is 29.9 Å². The van der Waals surface area contributed by atoms with Gasteiger partial charge >= 0.3 is 6.18 Å². The fourth-order valence-electron chi connectivity index (χ4n) is 2.14. The van der Waals surface area contributed by atoms with E-state index in [9.17, 15) is 13.2 Å². The van der Waals surface area contributed by atoms with E-state index >= 15 is 0 Å². The molecule has 0 unspecified atom stereocenters. The van der Waals surface area contributed by atoms with E-state index in [4.69, 9.17) is 0 Å². The number of hydrogen-bond acceptors (Lipinski definition) is 2. The van der Waals surface area contributed by atoms with E-state index in [1.54, 1.807) is 10.7 Å². The number of hydrogen-bond donors (Lipinski definition) is 1. The summed E-state index contributed by atoms with van der Waals surface area (Å²) in [6, 6.07) is 6.23. The second-order valence-corrected chi connectivity index (χ2v) is 4.99. The second-order valence-electron chi connectivity index (χ2n) is 4.99. The third-order valence-electron chi connectivity index (χ3n) is 3.41. The van der Waals surface area contributed by atoms with E-state index in [1.807, 2.05) is 20.0 Å². The largest absolute Gasteiger partial charge is 0.416 e. The molecule has 1 heterocycles. The Labute approximate surface area is 121 Å². The van der Waals surface area contributed by atoms with Gasteiger partial charge in [-0.1, -0.05) is 13.0 Å². The molecule has 0 saturated heterocycles. The molecule has 0 atom stereocenters. The van der Waals surface area contributed by atoms with E-state index in [2.05, 4.69) is 10.4 Å². The van der Waals surface area contributed by atoms with Crippen LogP contribution in [0.5, 0.6) is 0 Å². The number of nitrogens with zero attached hydrogens (tertiary/aromatic N) is 2. The van der Waals surface area contributed by atoms with Gasteiger partial charge in [-0.3, -0.25) is 4.68 Å². The average molecular weight is 297 g/mol. The number of rotatable bonds is 4. The standard InChI is InChI=1S/C15H18F3N3/c1-4-11-7-13(21(3)20-11)9-19-12-6-5-10(2)14(8-12)15(16,17)18/h5-8,19H,4,9H2,1-3H3. The Morgan fingerprint density at radius 1 is 1.24 bits per heavy atom. The summed E-state index contributed by atoms with van der Waals surface area (Å²) in [5.74, 6) is 0. The minimum absolute atomic E-state index is 0.224. The van der Waals surface area contributed by atoms with Crippen molar-refractivity contribution in [1.82, 2.24) is 9.78 Å². The van der Waals surface area contributed by atoms with Crippen molar-refractivity contribution >= 4 is 5.69 Å². The highest BCUT2D eigenvalue weighted by atomic mass is 19.4. The van der Waals surface area contributed by atoms with Crippen molar-refractivity contribution in [2.45, 2.75) is 33.0 Å². The second kappa shape index (κ2) is 5.79. The quantitative estimate of drug-likeness (QED) is 0.927. The SMILES string of the molecule is CCc1cc(CNc2ccc(C)c(C(F)(F)F)c2)n(C)n1. The molecule has 0 radical (unpaired) electrons. The molecule has 3 nitrogen and oxygen atoms in total. The van der Waals surface area contributed by atoms with Crippen molar-refractivity contribution in [2.24, 2.45) is 7.05 Å². The van der Waals surface area contributed by atoms with Gasteiger partial charge in [0.05, 0.1) is 23.5 Å². The van der Waals surface area contributed by atoms with Gasteiger partial charge in [0.15, 0.2) is 0 Å². The van der Waals surface area contributed by atoms with E-state index in [0.717, 1.165) is 23.9 Å². The molecule has 0 aliphatic heterocycles. The first-order valence-corrected chi connectivity index (χ1v) is 6.74. The van der Waals surface area contributed by atoms with Crippen LogP contribution in [0, 0.1) is 6.92 Å². The Hall–Kier alpha value is -1.98. The molecule has 1 aromatic carbocycles. The number of halogens is 3. The monoisotopic (exact) mass is 297 g/mol. The van der Waals surface area contributed by atoms with Crippen LogP contribution in [0.2, 0.25) is 0 Å². The minimum Gasteiger partial charge on any atom is -0.379 e. The number of aryl methyl sites for hydroxylation is 3. The third kappa shape index (κ3) is 3.56. The number of nitrogens with one attached hydrogen (secondary N) is 1. The number of benzene rings is 1. The van der Waals surface area contributed by atoms with Crippen LogP contribution in [0.3, 0.4) is 0 Å². The van der Waals surface area contributed by atoms with Crippen molar-refractivity contribution in [3.8, 4) is 0 Å². The molecule has 114 valence electrons. The molecule has 0 saturated carbocycles. The molecule has 21 heavy (non-hydrogen) atoms. The highest BCUT2D eigenvalue weighted by Gasteiger charge is 2.32. The number of anilines is 1. The Balaban J connectivity index is 2.15. The molecule has 1 N–H and O–H groups in total. The van der Waals surface area contributed by atoms with E-state index in [-0.39, 0.29) is 5.56 Å². The summed E-state index contributed by atoms with van der Waals surface area (Å²) in [7, 11) is 1.83. The first kappa shape index (κ1) is 15.4. The van der Waals surface area contributed by atoms with Crippen molar-refractivity contribution < 1.29 is 13.2 Å². The van der Waals surface area contributed by atoms with Crippen molar-refractivity contribution in [3.05, 3.63) is 46.8 Å². The first-order valence-electron chi connectivity index (χ1n) is 6.74. The van der Waals surface area contributed by atoms with Gasteiger partial charge in [-0.25, -0.2) is 0 Å². The molecular formula is C15H18F3N3. The maximum atomic E-state index is 12.9. The molecule has 0 amide bonds. The smallest absolute Gasteiger partial charge is 0.379 e. The van der Waals surface area contributed by atoms with Gasteiger partial charge in [0.1, 0.15) is 0 Å². The van der Waals surface area contributed by atoms with Crippen molar-refractivity contribution in [2.75, 3.05) is 5.32 Å². The molecular weight excluding hydrogens is 279 g/mol. The summed E-state index contributed by atoms with van der Waals surface area (Å²) >= 11 is 0. The maximum absolute atomic E-state index is 12.9. The van der Waals surface area contributed by atoms with Gasteiger partial charge in [-0.05, 0) is 37.1 Å². The molecule has 2 aromatic rings. The molecule has 2 rings (SSSR count). The van der Waals surface area contributed by atoms with Gasteiger partial charge in [0, 0.05) is 12.7 Å². The molecule has 6 heteroatoms. The summed E-state index contributed by atoms with van der Waals surface area (Å²) in [6.07, 6.45) is -3.50. The van der Waals surface area contributed by atoms with Crippen LogP contribution in [-0.4, -0.2) is 9.78 Å². The lowest BCUT2D eigenvalue weighted by Gasteiger charge is -2.13. The molecule has 0 aliphatic rings. The Bertz CT molecular complexity index is 630. The Kier molecular flexibility index (Phi) is 4.25. The highest BCUT2D eigenvalue weighted by molar-refractivity contribution is 5.49. The maximum Gasteiger partial charge on any atom is 0.416 e. The zero-order chi connectivity index (χ0) is 15.6. The fraction of sp³-hybridized carbons (Fsp3) is 0.400. The molecule has 0 fully saturated rings. The molecule has 1 aromatic heterocycles. The number of aromatic nitrogens is 2. The molecule has 0 spiro atoms. The molecule has 0 aliphatic carbocycles. The van der Waals surface area contributed by atoms with Crippen LogP contribution >= 0.6 is 0 Å². The van der Waals surface area contributed by atoms with Crippen LogP contribution in [0.4, 0.5) is 18.9 Å².